The molecule has 2 fully saturated rings. The maximum atomic E-state index is 13.9. The molecule has 0 bridgehead atoms. The van der Waals surface area contributed by atoms with Crippen LogP contribution in [0.15, 0.2) is 60.7 Å². The fourth-order valence-corrected chi connectivity index (χ4v) is 5.23. The fourth-order valence-electron chi connectivity index (χ4n) is 5.23. The van der Waals surface area contributed by atoms with Crippen molar-refractivity contribution >= 4 is 16.7 Å². The van der Waals surface area contributed by atoms with Crippen LogP contribution in [-0.2, 0) is 4.74 Å². The number of fused-ring (bicyclic) bond motifs is 1. The highest BCUT2D eigenvalue weighted by Gasteiger charge is 2.30. The van der Waals surface area contributed by atoms with Gasteiger partial charge in [0.05, 0.1) is 24.8 Å². The molecule has 2 aliphatic heterocycles. The second-order valence-electron chi connectivity index (χ2n) is 8.92. The van der Waals surface area contributed by atoms with E-state index in [2.05, 4.69) is 21.9 Å². The number of carbonyl (C=O) groups excluding carboxylic acids is 1. The van der Waals surface area contributed by atoms with Crippen molar-refractivity contribution in [3.8, 4) is 17.2 Å². The first-order valence-electron chi connectivity index (χ1n) is 11.9. The first-order chi connectivity index (χ1) is 16.3. The van der Waals surface area contributed by atoms with E-state index in [9.17, 15) is 10.1 Å². The Bertz CT molecular complexity index is 1190. The summed E-state index contributed by atoms with van der Waals surface area (Å²) < 4.78 is 5.50. The molecule has 0 radical (unpaired) electrons. The third kappa shape index (κ3) is 4.37. The summed E-state index contributed by atoms with van der Waals surface area (Å²) in [4.78, 5) is 18.4. The Kier molecular flexibility index (Phi) is 6.39. The summed E-state index contributed by atoms with van der Waals surface area (Å²) >= 11 is 0. The van der Waals surface area contributed by atoms with Crippen LogP contribution >= 0.6 is 0 Å². The Morgan fingerprint density at radius 3 is 2.48 bits per heavy atom. The smallest absolute Gasteiger partial charge is 0.254 e. The van der Waals surface area contributed by atoms with Gasteiger partial charge in [0, 0.05) is 43.3 Å². The van der Waals surface area contributed by atoms with E-state index in [1.807, 2.05) is 54.6 Å². The van der Waals surface area contributed by atoms with Crippen LogP contribution in [0.2, 0.25) is 0 Å². The molecule has 0 spiro atoms. The van der Waals surface area contributed by atoms with Crippen LogP contribution in [-0.4, -0.2) is 61.1 Å². The molecule has 2 aliphatic rings. The van der Waals surface area contributed by atoms with Crippen molar-refractivity contribution in [1.29, 1.82) is 5.26 Å². The predicted molar refractivity (Wildman–Crippen MR) is 130 cm³/mol. The zero-order chi connectivity index (χ0) is 22.6. The topological polar surface area (TPSA) is 56.6 Å². The third-order valence-corrected chi connectivity index (χ3v) is 6.95. The number of morpholine rings is 1. The highest BCUT2D eigenvalue weighted by Crippen LogP contribution is 2.34. The lowest BCUT2D eigenvalue weighted by Crippen LogP contribution is -2.51. The van der Waals surface area contributed by atoms with Gasteiger partial charge in [0.1, 0.15) is 0 Å². The summed E-state index contributed by atoms with van der Waals surface area (Å²) in [7, 11) is 0. The molecule has 168 valence electrons. The van der Waals surface area contributed by atoms with Crippen LogP contribution < -0.4 is 0 Å². The van der Waals surface area contributed by atoms with Crippen molar-refractivity contribution in [3.63, 3.8) is 0 Å². The summed E-state index contributed by atoms with van der Waals surface area (Å²) in [6, 6.07) is 22.2. The number of nitrogens with zero attached hydrogens (tertiary/aromatic N) is 3. The molecule has 0 saturated carbocycles. The summed E-state index contributed by atoms with van der Waals surface area (Å²) in [5.74, 6) is 0.115. The number of piperidine rings is 1. The third-order valence-electron chi connectivity index (χ3n) is 6.95. The van der Waals surface area contributed by atoms with E-state index in [1.165, 1.54) is 6.42 Å². The molecule has 33 heavy (non-hydrogen) atoms. The number of carbonyl (C=O) groups is 1. The van der Waals surface area contributed by atoms with Crippen LogP contribution in [0, 0.1) is 11.3 Å². The van der Waals surface area contributed by atoms with E-state index in [1.54, 1.807) is 0 Å². The van der Waals surface area contributed by atoms with Gasteiger partial charge in [-0.05, 0) is 47.7 Å². The van der Waals surface area contributed by atoms with Gasteiger partial charge < -0.3 is 9.64 Å². The van der Waals surface area contributed by atoms with E-state index in [0.29, 0.717) is 5.56 Å². The summed E-state index contributed by atoms with van der Waals surface area (Å²) in [5, 5.41) is 11.6. The van der Waals surface area contributed by atoms with Crippen LogP contribution in [0.3, 0.4) is 0 Å². The molecule has 5 rings (SSSR count). The Morgan fingerprint density at radius 2 is 1.67 bits per heavy atom. The summed E-state index contributed by atoms with van der Waals surface area (Å²) in [5.41, 5.74) is 3.28. The highest BCUT2D eigenvalue weighted by molar-refractivity contribution is 6.11. The van der Waals surface area contributed by atoms with Crippen LogP contribution in [0.1, 0.15) is 35.2 Å². The van der Waals surface area contributed by atoms with Crippen LogP contribution in [0.4, 0.5) is 0 Å². The number of rotatable bonds is 4. The van der Waals surface area contributed by atoms with Gasteiger partial charge in [-0.25, -0.2) is 0 Å². The highest BCUT2D eigenvalue weighted by atomic mass is 16.5. The largest absolute Gasteiger partial charge is 0.379 e. The van der Waals surface area contributed by atoms with Gasteiger partial charge in [-0.3, -0.25) is 9.69 Å². The second-order valence-corrected chi connectivity index (χ2v) is 8.92. The molecule has 1 amide bonds. The second kappa shape index (κ2) is 9.74. The van der Waals surface area contributed by atoms with E-state index in [-0.39, 0.29) is 11.9 Å². The van der Waals surface area contributed by atoms with E-state index in [0.717, 1.165) is 79.7 Å². The number of hydrogen-bond acceptors (Lipinski definition) is 4. The maximum absolute atomic E-state index is 13.9. The molecule has 3 aromatic carbocycles. The standard InChI is InChI=1S/C28H29N3O2/c29-19-21-7-1-2-9-23(21)26-12-13-27(25-11-4-3-10-24(25)26)28(32)31-14-6-5-8-22(31)20-30-15-17-33-18-16-30/h1-4,7,9-13,22H,5-6,8,14-18,20H2. The zero-order valence-corrected chi connectivity index (χ0v) is 18.9. The predicted octanol–water partition coefficient (Wildman–Crippen LogP) is 4.71. The maximum Gasteiger partial charge on any atom is 0.254 e. The minimum Gasteiger partial charge on any atom is -0.379 e. The van der Waals surface area contributed by atoms with Gasteiger partial charge in [0.2, 0.25) is 0 Å². The molecule has 0 aliphatic carbocycles. The van der Waals surface area contributed by atoms with Crippen LogP contribution in [0.5, 0.6) is 0 Å². The Balaban J connectivity index is 1.50. The molecular weight excluding hydrogens is 410 g/mol. The normalized spacial score (nSPS) is 19.4. The Morgan fingerprint density at radius 1 is 0.909 bits per heavy atom. The summed E-state index contributed by atoms with van der Waals surface area (Å²) in [6.45, 7) is 5.15. The van der Waals surface area contributed by atoms with E-state index in [4.69, 9.17) is 4.74 Å². The monoisotopic (exact) mass is 439 g/mol. The van der Waals surface area contributed by atoms with Crippen molar-refractivity contribution < 1.29 is 9.53 Å². The first kappa shape index (κ1) is 21.6. The number of hydrogen-bond donors (Lipinski definition) is 0. The first-order valence-corrected chi connectivity index (χ1v) is 11.9. The van der Waals surface area contributed by atoms with Gasteiger partial charge in [-0.1, -0.05) is 48.5 Å². The lowest BCUT2D eigenvalue weighted by atomic mass is 9.91. The van der Waals surface area contributed by atoms with E-state index >= 15 is 0 Å². The quantitative estimate of drug-likeness (QED) is 0.591. The molecule has 5 heteroatoms. The van der Waals surface area contributed by atoms with Crippen molar-refractivity contribution in [2.75, 3.05) is 39.4 Å². The van der Waals surface area contributed by atoms with Crippen molar-refractivity contribution in [1.82, 2.24) is 9.80 Å². The average molecular weight is 440 g/mol. The summed E-state index contributed by atoms with van der Waals surface area (Å²) in [6.07, 6.45) is 3.27. The van der Waals surface area contributed by atoms with Gasteiger partial charge in [0.25, 0.3) is 5.91 Å². The van der Waals surface area contributed by atoms with Crippen molar-refractivity contribution in [2.24, 2.45) is 0 Å². The SMILES string of the molecule is N#Cc1ccccc1-c1ccc(C(=O)N2CCCCC2CN2CCOCC2)c2ccccc12. The number of nitriles is 1. The molecule has 1 atom stereocenters. The number of ether oxygens (including phenoxy) is 1. The molecule has 5 nitrogen and oxygen atoms in total. The van der Waals surface area contributed by atoms with Gasteiger partial charge in [0.15, 0.2) is 0 Å². The molecule has 1 unspecified atom stereocenters. The fraction of sp³-hybridized carbons (Fsp3) is 0.357. The van der Waals surface area contributed by atoms with Crippen LogP contribution in [0.25, 0.3) is 21.9 Å². The molecule has 0 N–H and O–H groups in total. The Hall–Kier alpha value is -3.20. The van der Waals surface area contributed by atoms with Crippen molar-refractivity contribution in [3.05, 3.63) is 71.8 Å². The molecule has 0 aromatic heterocycles. The molecule has 3 aromatic rings. The number of amides is 1. The van der Waals surface area contributed by atoms with Gasteiger partial charge in [-0.15, -0.1) is 0 Å². The molecule has 2 heterocycles. The lowest BCUT2D eigenvalue weighted by molar-refractivity contribution is 0.0166. The number of likely N-dealkylation sites (tertiary alicyclic amines) is 1. The van der Waals surface area contributed by atoms with E-state index < -0.39 is 0 Å². The molecular formula is C28H29N3O2. The average Bonchev–Trinajstić information content (AvgIpc) is 2.88. The molecule has 2 saturated heterocycles. The zero-order valence-electron chi connectivity index (χ0n) is 18.9. The minimum atomic E-state index is 0.115. The number of benzene rings is 3. The van der Waals surface area contributed by atoms with Crippen molar-refractivity contribution in [2.45, 2.75) is 25.3 Å². The van der Waals surface area contributed by atoms with Gasteiger partial charge in [-0.2, -0.15) is 5.26 Å². The lowest BCUT2D eigenvalue weighted by Gasteiger charge is -2.40. The Labute approximate surface area is 195 Å². The minimum absolute atomic E-state index is 0.115. The van der Waals surface area contributed by atoms with Gasteiger partial charge >= 0.3 is 0 Å².